The summed E-state index contributed by atoms with van der Waals surface area (Å²) in [6, 6.07) is 4.15. The van der Waals surface area contributed by atoms with Gasteiger partial charge in [-0.1, -0.05) is 0 Å². The summed E-state index contributed by atoms with van der Waals surface area (Å²) in [4.78, 5) is 32.7. The van der Waals surface area contributed by atoms with E-state index in [0.29, 0.717) is 24.7 Å². The lowest BCUT2D eigenvalue weighted by molar-refractivity contribution is 0.0595. The topological polar surface area (TPSA) is 77.7 Å². The maximum Gasteiger partial charge on any atom is 0.338 e. The van der Waals surface area contributed by atoms with Crippen molar-refractivity contribution in [1.29, 1.82) is 0 Å². The van der Waals surface area contributed by atoms with Gasteiger partial charge in [0.25, 0.3) is 0 Å². The number of likely N-dealkylation sites (tertiary alicyclic amines) is 1. The Balaban J connectivity index is 1.71. The van der Waals surface area contributed by atoms with Gasteiger partial charge in [0.1, 0.15) is 0 Å². The zero-order chi connectivity index (χ0) is 20.7. The van der Waals surface area contributed by atoms with Crippen LogP contribution in [0.4, 0.5) is 4.79 Å². The summed E-state index contributed by atoms with van der Waals surface area (Å²) in [7, 11) is 3.54. The van der Waals surface area contributed by atoms with E-state index in [0.717, 1.165) is 35.9 Å². The fourth-order valence-electron chi connectivity index (χ4n) is 5.20. The second kappa shape index (κ2) is 7.71. The molecule has 1 aliphatic carbocycles. The minimum Gasteiger partial charge on any atom is -0.465 e. The largest absolute Gasteiger partial charge is 0.465 e. The number of likely N-dealkylation sites (N-methyl/N-ethyl adjacent to an activating group) is 1. The number of hydrogen-bond acceptors (Lipinski definition) is 4. The minimum absolute atomic E-state index is 0.0172. The summed E-state index contributed by atoms with van der Waals surface area (Å²) in [5.74, 6) is -0.136. The SMILES string of the molecule is CCN(CC)C(=O)N[C@H]1CC2c3c(C(=O)OC)ccc4[nH]cc(c34)C[C@H]2N(C)C1. The highest BCUT2D eigenvalue weighted by atomic mass is 16.5. The number of H-pyrrole nitrogens is 1. The van der Waals surface area contributed by atoms with E-state index < -0.39 is 0 Å². The Kier molecular flexibility index (Phi) is 5.25. The van der Waals surface area contributed by atoms with E-state index >= 15 is 0 Å². The van der Waals surface area contributed by atoms with Crippen molar-refractivity contribution in [2.45, 2.75) is 44.7 Å². The molecule has 2 amide bonds. The van der Waals surface area contributed by atoms with E-state index in [-0.39, 0.29) is 24.0 Å². The number of methoxy groups -OCH3 is 1. The van der Waals surface area contributed by atoms with Gasteiger partial charge in [0, 0.05) is 54.7 Å². The molecule has 2 heterocycles. The lowest BCUT2D eigenvalue weighted by Gasteiger charge is -2.46. The number of ether oxygens (including phenoxy) is 1. The fourth-order valence-corrected chi connectivity index (χ4v) is 5.20. The Hall–Kier alpha value is -2.54. The summed E-state index contributed by atoms with van der Waals surface area (Å²) < 4.78 is 5.09. The molecule has 2 N–H and O–H groups in total. The number of amides is 2. The molecule has 1 aromatic heterocycles. The normalized spacial score (nSPS) is 23.5. The molecular weight excluding hydrogens is 368 g/mol. The van der Waals surface area contributed by atoms with Crippen molar-refractivity contribution < 1.29 is 14.3 Å². The van der Waals surface area contributed by atoms with Gasteiger partial charge in [-0.15, -0.1) is 0 Å². The molecular formula is C22H30N4O3. The van der Waals surface area contributed by atoms with Crippen LogP contribution in [0.25, 0.3) is 10.9 Å². The number of carbonyl (C=O) groups excluding carboxylic acids is 2. The molecule has 0 spiro atoms. The van der Waals surface area contributed by atoms with Crippen LogP contribution in [0.3, 0.4) is 0 Å². The number of urea groups is 1. The molecule has 1 saturated heterocycles. The minimum atomic E-state index is -0.299. The smallest absolute Gasteiger partial charge is 0.338 e. The number of aromatic nitrogens is 1. The van der Waals surface area contributed by atoms with Crippen LogP contribution in [0.2, 0.25) is 0 Å². The van der Waals surface area contributed by atoms with Crippen LogP contribution in [0.1, 0.15) is 47.7 Å². The van der Waals surface area contributed by atoms with E-state index in [2.05, 4.69) is 28.4 Å². The van der Waals surface area contributed by atoms with Gasteiger partial charge in [-0.05, 0) is 57.0 Å². The first-order valence-electron chi connectivity index (χ1n) is 10.4. The van der Waals surface area contributed by atoms with Crippen LogP contribution in [0, 0.1) is 0 Å². The van der Waals surface area contributed by atoms with Crippen molar-refractivity contribution in [3.05, 3.63) is 35.0 Å². The number of carbonyl (C=O) groups is 2. The monoisotopic (exact) mass is 398 g/mol. The van der Waals surface area contributed by atoms with E-state index in [1.807, 2.05) is 26.0 Å². The molecule has 4 rings (SSSR count). The van der Waals surface area contributed by atoms with Crippen LogP contribution in [0.5, 0.6) is 0 Å². The third-order valence-corrected chi connectivity index (χ3v) is 6.63. The van der Waals surface area contributed by atoms with Gasteiger partial charge in [0.2, 0.25) is 0 Å². The lowest BCUT2D eigenvalue weighted by Crippen LogP contribution is -2.56. The second-order valence-corrected chi connectivity index (χ2v) is 8.13. The molecule has 0 saturated carbocycles. The number of nitrogens with one attached hydrogen (secondary N) is 2. The average molecular weight is 399 g/mol. The van der Waals surface area contributed by atoms with Crippen LogP contribution < -0.4 is 5.32 Å². The summed E-state index contributed by atoms with van der Waals surface area (Å²) in [5.41, 5.74) is 4.01. The standard InChI is InChI=1S/C22H30N4O3/c1-5-26(6-2)22(28)24-14-10-16-18(25(3)12-14)9-13-11-23-17-8-7-15(21(27)29-4)20(16)19(13)17/h7-8,11,14,16,18,23H,5-6,9-10,12H2,1-4H3,(H,24,28)/t14-,16?,18+/m0/s1. The molecule has 1 unspecified atom stereocenters. The number of hydrogen-bond donors (Lipinski definition) is 2. The Morgan fingerprint density at radius 2 is 2.07 bits per heavy atom. The highest BCUT2D eigenvalue weighted by Crippen LogP contribution is 2.44. The molecule has 2 aliphatic rings. The summed E-state index contributed by atoms with van der Waals surface area (Å²) in [6.07, 6.45) is 3.82. The van der Waals surface area contributed by atoms with Crippen molar-refractivity contribution in [1.82, 2.24) is 20.1 Å². The van der Waals surface area contributed by atoms with Gasteiger partial charge >= 0.3 is 12.0 Å². The molecule has 29 heavy (non-hydrogen) atoms. The predicted octanol–water partition coefficient (Wildman–Crippen LogP) is 2.72. The predicted molar refractivity (Wildman–Crippen MR) is 112 cm³/mol. The number of aromatic amines is 1. The van der Waals surface area contributed by atoms with Gasteiger partial charge in [0.15, 0.2) is 0 Å². The van der Waals surface area contributed by atoms with E-state index in [1.54, 1.807) is 4.90 Å². The molecule has 3 atom stereocenters. The molecule has 0 bridgehead atoms. The maximum absolute atomic E-state index is 12.6. The molecule has 7 nitrogen and oxygen atoms in total. The molecule has 1 fully saturated rings. The number of fused-ring (bicyclic) bond motifs is 2. The van der Waals surface area contributed by atoms with Crippen molar-refractivity contribution in [2.24, 2.45) is 0 Å². The average Bonchev–Trinajstić information content (AvgIpc) is 3.13. The van der Waals surface area contributed by atoms with Gasteiger partial charge in [-0.3, -0.25) is 0 Å². The summed E-state index contributed by atoms with van der Waals surface area (Å²) in [6.45, 7) is 6.16. The van der Waals surface area contributed by atoms with Crippen LogP contribution >= 0.6 is 0 Å². The third kappa shape index (κ3) is 3.27. The van der Waals surface area contributed by atoms with Crippen LogP contribution in [-0.2, 0) is 11.2 Å². The van der Waals surface area contributed by atoms with Crippen molar-refractivity contribution in [3.63, 3.8) is 0 Å². The lowest BCUT2D eigenvalue weighted by atomic mass is 9.72. The summed E-state index contributed by atoms with van der Waals surface area (Å²) >= 11 is 0. The third-order valence-electron chi connectivity index (χ3n) is 6.63. The summed E-state index contributed by atoms with van der Waals surface area (Å²) in [5, 5.41) is 4.37. The first-order chi connectivity index (χ1) is 14.0. The second-order valence-electron chi connectivity index (χ2n) is 8.13. The highest BCUT2D eigenvalue weighted by Gasteiger charge is 2.42. The molecule has 2 aromatic rings. The maximum atomic E-state index is 12.6. The Bertz CT molecular complexity index is 934. The van der Waals surface area contributed by atoms with E-state index in [4.69, 9.17) is 4.74 Å². The Labute approximate surface area is 171 Å². The number of rotatable bonds is 4. The zero-order valence-corrected chi connectivity index (χ0v) is 17.6. The first kappa shape index (κ1) is 19.8. The Morgan fingerprint density at radius 1 is 1.31 bits per heavy atom. The van der Waals surface area contributed by atoms with E-state index in [1.165, 1.54) is 12.7 Å². The highest BCUT2D eigenvalue weighted by molar-refractivity contribution is 6.00. The number of nitrogens with zero attached hydrogens (tertiary/aromatic N) is 2. The zero-order valence-electron chi connectivity index (χ0n) is 17.6. The number of piperidine rings is 1. The van der Waals surface area contributed by atoms with E-state index in [9.17, 15) is 9.59 Å². The van der Waals surface area contributed by atoms with Gasteiger partial charge < -0.3 is 24.8 Å². The quantitative estimate of drug-likeness (QED) is 0.777. The number of esters is 1. The molecule has 0 radical (unpaired) electrons. The van der Waals surface area contributed by atoms with Crippen molar-refractivity contribution in [2.75, 3.05) is 33.8 Å². The molecule has 7 heteroatoms. The Morgan fingerprint density at radius 3 is 2.76 bits per heavy atom. The molecule has 1 aromatic carbocycles. The van der Waals surface area contributed by atoms with Gasteiger partial charge in [-0.25, -0.2) is 9.59 Å². The van der Waals surface area contributed by atoms with Crippen molar-refractivity contribution in [3.8, 4) is 0 Å². The van der Waals surface area contributed by atoms with Gasteiger partial charge in [-0.2, -0.15) is 0 Å². The molecule has 156 valence electrons. The van der Waals surface area contributed by atoms with Gasteiger partial charge in [0.05, 0.1) is 12.7 Å². The van der Waals surface area contributed by atoms with Crippen molar-refractivity contribution >= 4 is 22.9 Å². The van der Waals surface area contributed by atoms with Crippen LogP contribution in [0.15, 0.2) is 18.3 Å². The molecule has 1 aliphatic heterocycles. The first-order valence-corrected chi connectivity index (χ1v) is 10.4. The van der Waals surface area contributed by atoms with Crippen LogP contribution in [-0.4, -0.2) is 72.7 Å². The number of benzene rings is 1. The fraction of sp³-hybridized carbons (Fsp3) is 0.545.